The summed E-state index contributed by atoms with van der Waals surface area (Å²) < 4.78 is 0. The van der Waals surface area contributed by atoms with Crippen LogP contribution in [0.3, 0.4) is 0 Å². The largest absolute Gasteiger partial charge is 0.382 e. The number of nitrogens with one attached hydrogen (secondary N) is 12. The molecular formula is C98H78N24O3. The van der Waals surface area contributed by atoms with E-state index in [9.17, 15) is 14.4 Å². The van der Waals surface area contributed by atoms with Gasteiger partial charge in [-0.3, -0.25) is 54.7 Å². The molecule has 22 aromatic rings. The van der Waals surface area contributed by atoms with Crippen molar-refractivity contribution in [1.29, 1.82) is 0 Å². The van der Waals surface area contributed by atoms with Crippen LogP contribution in [0, 0.1) is 5.92 Å². The lowest BCUT2D eigenvalue weighted by atomic mass is 10.0. The summed E-state index contributed by atoms with van der Waals surface area (Å²) in [4.78, 5) is 86.5. The predicted molar refractivity (Wildman–Crippen MR) is 493 cm³/mol. The standard InChI is InChI=1S/C27H20N6O.C26H18N6O.C23H20N6O.C22H20N6/c34-25(12-17-6-2-1-3-7-17)29-20-13-19(15-28-16-20)18-10-11-22-21(14-18)26(33-32-22)27-30-23-8-4-5-9-24(23)31-27;33-26(16-6-2-1-3-7-16)28-19-12-18(14-27-15-19)17-10-11-21-20(13-17)24(32-31-21)25-29-22-8-4-5-9-23(22)30-25;1-13(2)23(30)25-16-9-15(11-24-12-16)14-7-8-18-17(10-14)21(29-28-18)22-26-19-5-3-4-6-20(19)27-22;1-13(2)24-16-9-15(11-23-12-16)14-7-8-18-17(10-14)21(28-27-18)22-25-19-5-3-4-6-20(19)26-22/h1-11,13-16H,12H2,(H,29,34)(H,30,31)(H,32,33);1-15H,(H,28,33)(H,29,30)(H,31,32);3-13H,1-2H3,(H,25,30)(H,26,27)(H,28,29);3-13,24H,1-2H3,(H,25,26)(H,27,28). The maximum absolute atomic E-state index is 12.5. The van der Waals surface area contributed by atoms with Gasteiger partial charge in [0.2, 0.25) is 11.8 Å². The van der Waals surface area contributed by atoms with Crippen LogP contribution in [0.25, 0.3) is 178 Å². The number of carbonyl (C=O) groups is 3. The second kappa shape index (κ2) is 34.2. The maximum atomic E-state index is 12.5. The van der Waals surface area contributed by atoms with Crippen molar-refractivity contribution in [2.75, 3.05) is 21.3 Å². The minimum absolute atomic E-state index is 0.0357. The summed E-state index contributed by atoms with van der Waals surface area (Å²) in [6.07, 6.45) is 14.3. The molecular weight excluding hydrogens is 1560 g/mol. The van der Waals surface area contributed by atoms with E-state index in [4.69, 9.17) is 9.97 Å². The second-order valence-electron chi connectivity index (χ2n) is 30.6. The molecule has 0 radical (unpaired) electrons. The zero-order valence-corrected chi connectivity index (χ0v) is 67.8. The topological polar surface area (TPSA) is 380 Å². The lowest BCUT2D eigenvalue weighted by Crippen LogP contribution is -2.17. The van der Waals surface area contributed by atoms with E-state index in [0.717, 1.165) is 178 Å². The smallest absolute Gasteiger partial charge is 0.255 e. The molecule has 0 aliphatic heterocycles. The Balaban J connectivity index is 0.000000109. The van der Waals surface area contributed by atoms with Crippen LogP contribution in [0.15, 0.2) is 304 Å². The lowest BCUT2D eigenvalue weighted by Gasteiger charge is -2.11. The van der Waals surface area contributed by atoms with Crippen LogP contribution in [-0.4, -0.2) is 124 Å². The van der Waals surface area contributed by atoms with Gasteiger partial charge in [0.25, 0.3) is 5.91 Å². The normalized spacial score (nSPS) is 11.3. The third-order valence-electron chi connectivity index (χ3n) is 21.0. The van der Waals surface area contributed by atoms with Crippen LogP contribution in [0.1, 0.15) is 43.6 Å². The number of aromatic nitrogens is 20. The molecule has 0 aliphatic rings. The molecule has 0 fully saturated rings. The Morgan fingerprint density at radius 2 is 0.616 bits per heavy atom. The highest BCUT2D eigenvalue weighted by Crippen LogP contribution is 2.37. The number of pyridine rings is 4. The third kappa shape index (κ3) is 17.0. The number of imidazole rings is 4. The maximum Gasteiger partial charge on any atom is 0.255 e. The minimum Gasteiger partial charge on any atom is -0.382 e. The average Bonchev–Trinajstić information content (AvgIpc) is 1.64. The average molecular weight is 1640 g/mol. The molecule has 27 nitrogen and oxygen atoms in total. The van der Waals surface area contributed by atoms with Crippen molar-refractivity contribution < 1.29 is 14.4 Å². The van der Waals surface area contributed by atoms with Crippen molar-refractivity contribution in [3.05, 3.63) is 315 Å². The molecule has 12 heterocycles. The Kier molecular flexibility index (Phi) is 21.3. The zero-order chi connectivity index (χ0) is 84.9. The van der Waals surface area contributed by atoms with Crippen molar-refractivity contribution in [3.63, 3.8) is 0 Å². The number of fused-ring (bicyclic) bond motifs is 8. The number of amides is 3. The molecule has 0 saturated heterocycles. The molecule has 125 heavy (non-hydrogen) atoms. The molecule has 0 bridgehead atoms. The molecule has 10 aromatic carbocycles. The fourth-order valence-electron chi connectivity index (χ4n) is 14.8. The van der Waals surface area contributed by atoms with Crippen molar-refractivity contribution >= 4 is 128 Å². The molecule has 0 spiro atoms. The summed E-state index contributed by atoms with van der Waals surface area (Å²) in [5, 5.41) is 46.4. The number of anilines is 4. The molecule has 12 N–H and O–H groups in total. The Labute approximate surface area is 712 Å². The summed E-state index contributed by atoms with van der Waals surface area (Å²) in [7, 11) is 0. The summed E-state index contributed by atoms with van der Waals surface area (Å²) in [5.41, 5.74) is 26.6. The first-order chi connectivity index (χ1) is 61.2. The van der Waals surface area contributed by atoms with Gasteiger partial charge in [-0.25, -0.2) is 19.9 Å². The summed E-state index contributed by atoms with van der Waals surface area (Å²) >= 11 is 0. The van der Waals surface area contributed by atoms with Gasteiger partial charge in [0.15, 0.2) is 23.3 Å². The highest BCUT2D eigenvalue weighted by molar-refractivity contribution is 6.05. The fourth-order valence-corrected chi connectivity index (χ4v) is 14.8. The van der Waals surface area contributed by atoms with Gasteiger partial charge in [0.05, 0.1) is 114 Å². The van der Waals surface area contributed by atoms with E-state index in [-0.39, 0.29) is 23.6 Å². The van der Waals surface area contributed by atoms with Crippen molar-refractivity contribution in [2.45, 2.75) is 40.2 Å². The molecule has 0 saturated carbocycles. The van der Waals surface area contributed by atoms with E-state index in [0.29, 0.717) is 46.7 Å². The van der Waals surface area contributed by atoms with Gasteiger partial charge in [0, 0.05) is 92.3 Å². The van der Waals surface area contributed by atoms with Crippen LogP contribution in [-0.2, 0) is 16.0 Å². The SMILES string of the molecule is CC(C)C(=O)Nc1cncc(-c2ccc3[nH]nc(-c4nc5ccccc5[nH]4)c3c2)c1.CC(C)Nc1cncc(-c2ccc3[nH]nc(-c4nc5ccccc5[nH]4)c3c2)c1.O=C(Cc1ccccc1)Nc1cncc(-c2ccc3[nH]nc(-c4nc5ccccc5[nH]4)c3c2)c1.O=C(Nc1cncc(-c2ccc3[nH]nc(-c4nc5ccccc5[nH]4)c3c2)c1)c1ccccc1. The van der Waals surface area contributed by atoms with Crippen LogP contribution in [0.2, 0.25) is 0 Å². The number of carbonyl (C=O) groups excluding carboxylic acids is 3. The first-order valence-electron chi connectivity index (χ1n) is 40.6. The van der Waals surface area contributed by atoms with Gasteiger partial charge in [-0.1, -0.05) is 135 Å². The number of aromatic amines is 8. The van der Waals surface area contributed by atoms with Gasteiger partial charge < -0.3 is 41.2 Å². The number of rotatable bonds is 17. The van der Waals surface area contributed by atoms with Crippen LogP contribution < -0.4 is 21.3 Å². The quantitative estimate of drug-likeness (QED) is 0.0403. The number of benzene rings is 10. The van der Waals surface area contributed by atoms with Crippen LogP contribution in [0.4, 0.5) is 22.7 Å². The lowest BCUT2D eigenvalue weighted by molar-refractivity contribution is -0.119. The Hall–Kier alpha value is -17.2. The summed E-state index contributed by atoms with van der Waals surface area (Å²) in [5.74, 6) is 2.52. The molecule has 27 heteroatoms. The predicted octanol–water partition coefficient (Wildman–Crippen LogP) is 20.5. The highest BCUT2D eigenvalue weighted by Gasteiger charge is 2.21. The summed E-state index contributed by atoms with van der Waals surface area (Å²) in [6.45, 7) is 7.95. The number of para-hydroxylation sites is 8. The van der Waals surface area contributed by atoms with E-state index < -0.39 is 0 Å². The van der Waals surface area contributed by atoms with E-state index in [2.05, 4.69) is 162 Å². The Morgan fingerprint density at radius 1 is 0.304 bits per heavy atom. The zero-order valence-electron chi connectivity index (χ0n) is 67.8. The van der Waals surface area contributed by atoms with E-state index in [1.165, 1.54) is 0 Å². The molecule has 608 valence electrons. The van der Waals surface area contributed by atoms with Gasteiger partial charge in [0.1, 0.15) is 22.8 Å². The highest BCUT2D eigenvalue weighted by atomic mass is 16.2. The van der Waals surface area contributed by atoms with Crippen LogP contribution in [0.5, 0.6) is 0 Å². The molecule has 0 atom stereocenters. The second-order valence-corrected chi connectivity index (χ2v) is 30.6. The molecule has 0 unspecified atom stereocenters. The van der Waals surface area contributed by atoms with Gasteiger partial charge in [-0.15, -0.1) is 0 Å². The molecule has 0 aliphatic carbocycles. The van der Waals surface area contributed by atoms with Gasteiger partial charge in [-0.05, 0) is 175 Å². The Morgan fingerprint density at radius 3 is 0.960 bits per heavy atom. The van der Waals surface area contributed by atoms with Gasteiger partial charge >= 0.3 is 0 Å². The Bertz CT molecular complexity index is 7590. The van der Waals surface area contributed by atoms with Crippen LogP contribution >= 0.6 is 0 Å². The first-order valence-corrected chi connectivity index (χ1v) is 40.6. The number of hydrogen-bond donors (Lipinski definition) is 12. The molecule has 22 rings (SSSR count). The van der Waals surface area contributed by atoms with E-state index in [1.807, 2.05) is 232 Å². The minimum atomic E-state index is -0.174. The number of nitrogens with zero attached hydrogens (tertiary/aromatic N) is 12. The van der Waals surface area contributed by atoms with E-state index in [1.54, 1.807) is 49.3 Å². The van der Waals surface area contributed by atoms with E-state index >= 15 is 0 Å². The monoisotopic (exact) mass is 1640 g/mol. The molecule has 3 amide bonds. The third-order valence-corrected chi connectivity index (χ3v) is 21.0. The fraction of sp³-hybridized carbons (Fsp3) is 0.0714. The van der Waals surface area contributed by atoms with Crippen molar-refractivity contribution in [3.8, 4) is 90.6 Å². The first kappa shape index (κ1) is 77.7. The van der Waals surface area contributed by atoms with Crippen molar-refractivity contribution in [2.24, 2.45) is 5.92 Å². The summed E-state index contributed by atoms with van der Waals surface area (Å²) in [6, 6.07) is 83.2. The van der Waals surface area contributed by atoms with Gasteiger partial charge in [-0.2, -0.15) is 20.4 Å². The van der Waals surface area contributed by atoms with Crippen molar-refractivity contribution in [1.82, 2.24) is 101 Å². The molecule has 12 aromatic heterocycles. The number of H-pyrrole nitrogens is 8. The number of hydrogen-bond acceptors (Lipinski definition) is 16.